The fourth-order valence-electron chi connectivity index (χ4n) is 3.11. The van der Waals surface area contributed by atoms with Crippen molar-refractivity contribution in [1.29, 1.82) is 0 Å². The monoisotopic (exact) mass is 294 g/mol. The Morgan fingerprint density at radius 3 is 2.91 bits per heavy atom. The molecule has 2 fully saturated rings. The van der Waals surface area contributed by atoms with E-state index in [2.05, 4.69) is 58.7 Å². The molecule has 0 bridgehead atoms. The van der Waals surface area contributed by atoms with Gasteiger partial charge in [0, 0.05) is 37.3 Å². The number of morpholine rings is 1. The van der Waals surface area contributed by atoms with Crippen LogP contribution in [-0.4, -0.2) is 35.3 Å². The van der Waals surface area contributed by atoms with Crippen LogP contribution in [0, 0.1) is 17.8 Å². The number of hydrogen-bond acceptors (Lipinski definition) is 2. The summed E-state index contributed by atoms with van der Waals surface area (Å²) in [6.07, 6.45) is 2.56. The quantitative estimate of drug-likeness (QED) is 0.793. The lowest BCUT2D eigenvalue weighted by Crippen LogP contribution is -2.44. The van der Waals surface area contributed by atoms with Crippen LogP contribution in [0.15, 0.2) is 30.3 Å². The highest BCUT2D eigenvalue weighted by Crippen LogP contribution is 2.28. The van der Waals surface area contributed by atoms with Gasteiger partial charge in [-0.2, -0.15) is 0 Å². The summed E-state index contributed by atoms with van der Waals surface area (Å²) < 4.78 is 7.94. The third kappa shape index (κ3) is 2.77. The van der Waals surface area contributed by atoms with E-state index in [1.807, 2.05) is 0 Å². The molecule has 1 saturated heterocycles. The van der Waals surface area contributed by atoms with Gasteiger partial charge in [0.25, 0.3) is 0 Å². The van der Waals surface area contributed by atoms with E-state index in [1.165, 1.54) is 29.4 Å². The zero-order chi connectivity index (χ0) is 14.9. The predicted octanol–water partition coefficient (Wildman–Crippen LogP) is 2.79. The molecule has 1 aliphatic carbocycles. The van der Waals surface area contributed by atoms with Gasteiger partial charge in [-0.1, -0.05) is 30.0 Å². The molecule has 4 rings (SSSR count). The van der Waals surface area contributed by atoms with Gasteiger partial charge < -0.3 is 9.30 Å². The van der Waals surface area contributed by atoms with Crippen molar-refractivity contribution in [2.45, 2.75) is 25.4 Å². The van der Waals surface area contributed by atoms with Crippen LogP contribution in [0.3, 0.4) is 0 Å². The number of rotatable bonds is 2. The molecule has 1 aromatic carbocycles. The second-order valence-corrected chi connectivity index (χ2v) is 6.38. The molecule has 1 aliphatic heterocycles. The number of aryl methyl sites for hydroxylation is 1. The molecule has 1 saturated carbocycles. The molecule has 22 heavy (non-hydrogen) atoms. The maximum absolute atomic E-state index is 5.64. The first-order chi connectivity index (χ1) is 10.8. The number of ether oxygens (including phenoxy) is 1. The van der Waals surface area contributed by atoms with E-state index in [0.717, 1.165) is 26.3 Å². The molecule has 0 spiro atoms. The molecule has 2 aliphatic rings. The lowest BCUT2D eigenvalue weighted by atomic mass is 10.2. The molecule has 3 nitrogen and oxygen atoms in total. The molecule has 3 heteroatoms. The van der Waals surface area contributed by atoms with Crippen LogP contribution < -0.4 is 0 Å². The average molecular weight is 294 g/mol. The van der Waals surface area contributed by atoms with E-state index in [0.29, 0.717) is 5.92 Å². The number of para-hydroxylation sites is 1. The Bertz CT molecular complexity index is 733. The molecule has 0 amide bonds. The van der Waals surface area contributed by atoms with Gasteiger partial charge in [0.05, 0.1) is 19.3 Å². The first-order valence-electron chi connectivity index (χ1n) is 8.17. The van der Waals surface area contributed by atoms with Gasteiger partial charge in [-0.3, -0.25) is 4.90 Å². The third-order valence-corrected chi connectivity index (χ3v) is 4.69. The van der Waals surface area contributed by atoms with Gasteiger partial charge in [-0.15, -0.1) is 0 Å². The van der Waals surface area contributed by atoms with Gasteiger partial charge in [0.15, 0.2) is 0 Å². The van der Waals surface area contributed by atoms with E-state index in [1.54, 1.807) is 0 Å². The van der Waals surface area contributed by atoms with E-state index in [-0.39, 0.29) is 6.04 Å². The minimum Gasteiger partial charge on any atom is -0.377 e. The SMILES string of the molecule is Cn1c(CN2CCOCC2C#CC2CC2)cc2ccccc21. The van der Waals surface area contributed by atoms with Crippen LogP contribution in [-0.2, 0) is 18.3 Å². The largest absolute Gasteiger partial charge is 0.377 e. The highest BCUT2D eigenvalue weighted by molar-refractivity contribution is 5.81. The Morgan fingerprint density at radius 2 is 2.09 bits per heavy atom. The van der Waals surface area contributed by atoms with Gasteiger partial charge in [-0.05, 0) is 30.4 Å². The number of nitrogens with zero attached hydrogens (tertiary/aromatic N) is 2. The maximum Gasteiger partial charge on any atom is 0.0955 e. The summed E-state index contributed by atoms with van der Waals surface area (Å²) in [5, 5.41) is 1.31. The third-order valence-electron chi connectivity index (χ3n) is 4.69. The van der Waals surface area contributed by atoms with E-state index < -0.39 is 0 Å². The first-order valence-corrected chi connectivity index (χ1v) is 8.17. The standard InChI is InChI=1S/C19H22N2O/c1-20-18(12-16-4-2-3-5-19(16)20)13-21-10-11-22-14-17(21)9-8-15-6-7-15/h2-5,12,15,17H,6-7,10-11,13-14H2,1H3. The summed E-state index contributed by atoms with van der Waals surface area (Å²) in [7, 11) is 2.16. The van der Waals surface area contributed by atoms with Crippen molar-refractivity contribution >= 4 is 10.9 Å². The number of aromatic nitrogens is 1. The molecular weight excluding hydrogens is 272 g/mol. The molecule has 2 heterocycles. The fourth-order valence-corrected chi connectivity index (χ4v) is 3.11. The van der Waals surface area contributed by atoms with E-state index in [4.69, 9.17) is 4.74 Å². The summed E-state index contributed by atoms with van der Waals surface area (Å²) in [6, 6.07) is 11.1. The van der Waals surface area contributed by atoms with Gasteiger partial charge in [-0.25, -0.2) is 0 Å². The summed E-state index contributed by atoms with van der Waals surface area (Å²) >= 11 is 0. The maximum atomic E-state index is 5.64. The molecule has 1 aromatic heterocycles. The normalized spacial score (nSPS) is 22.5. The van der Waals surface area contributed by atoms with E-state index in [9.17, 15) is 0 Å². The van der Waals surface area contributed by atoms with Gasteiger partial charge >= 0.3 is 0 Å². The van der Waals surface area contributed by atoms with Gasteiger partial charge in [0.1, 0.15) is 0 Å². The average Bonchev–Trinajstić information content (AvgIpc) is 3.32. The predicted molar refractivity (Wildman–Crippen MR) is 88.4 cm³/mol. The molecule has 1 atom stereocenters. The van der Waals surface area contributed by atoms with Crippen LogP contribution in [0.25, 0.3) is 10.9 Å². The Hall–Kier alpha value is -1.76. The summed E-state index contributed by atoms with van der Waals surface area (Å²) in [4.78, 5) is 2.47. The Morgan fingerprint density at radius 1 is 1.23 bits per heavy atom. The highest BCUT2D eigenvalue weighted by Gasteiger charge is 2.24. The van der Waals surface area contributed by atoms with Crippen LogP contribution >= 0.6 is 0 Å². The lowest BCUT2D eigenvalue weighted by molar-refractivity contribution is 0.00870. The van der Waals surface area contributed by atoms with Crippen molar-refractivity contribution in [1.82, 2.24) is 9.47 Å². The van der Waals surface area contributed by atoms with Crippen LogP contribution in [0.1, 0.15) is 18.5 Å². The molecule has 1 unspecified atom stereocenters. The summed E-state index contributed by atoms with van der Waals surface area (Å²) in [6.45, 7) is 3.46. The van der Waals surface area contributed by atoms with Crippen molar-refractivity contribution in [3.8, 4) is 11.8 Å². The van der Waals surface area contributed by atoms with E-state index >= 15 is 0 Å². The van der Waals surface area contributed by atoms with Crippen molar-refractivity contribution in [3.63, 3.8) is 0 Å². The fraction of sp³-hybridized carbons (Fsp3) is 0.474. The smallest absolute Gasteiger partial charge is 0.0955 e. The number of fused-ring (bicyclic) bond motifs is 1. The molecular formula is C19H22N2O. The molecule has 114 valence electrons. The molecule has 0 radical (unpaired) electrons. The second kappa shape index (κ2) is 5.79. The first kappa shape index (κ1) is 13.9. The number of benzene rings is 1. The Balaban J connectivity index is 1.56. The Kier molecular flexibility index (Phi) is 3.65. The second-order valence-electron chi connectivity index (χ2n) is 6.38. The minimum atomic E-state index is 0.243. The topological polar surface area (TPSA) is 17.4 Å². The summed E-state index contributed by atoms with van der Waals surface area (Å²) in [5.41, 5.74) is 2.65. The zero-order valence-electron chi connectivity index (χ0n) is 13.1. The van der Waals surface area contributed by atoms with Crippen molar-refractivity contribution < 1.29 is 4.74 Å². The van der Waals surface area contributed by atoms with Crippen molar-refractivity contribution in [2.75, 3.05) is 19.8 Å². The molecule has 0 N–H and O–H groups in total. The highest BCUT2D eigenvalue weighted by atomic mass is 16.5. The van der Waals surface area contributed by atoms with Crippen molar-refractivity contribution in [2.24, 2.45) is 13.0 Å². The van der Waals surface area contributed by atoms with Crippen molar-refractivity contribution in [3.05, 3.63) is 36.0 Å². The summed E-state index contributed by atoms with van der Waals surface area (Å²) in [5.74, 6) is 7.51. The van der Waals surface area contributed by atoms with Gasteiger partial charge in [0.2, 0.25) is 0 Å². The number of hydrogen-bond donors (Lipinski definition) is 0. The minimum absolute atomic E-state index is 0.243. The zero-order valence-corrected chi connectivity index (χ0v) is 13.1. The van der Waals surface area contributed by atoms with Crippen LogP contribution in [0.2, 0.25) is 0 Å². The Labute approximate surface area is 131 Å². The molecule has 2 aromatic rings. The van der Waals surface area contributed by atoms with Crippen LogP contribution in [0.4, 0.5) is 0 Å². The van der Waals surface area contributed by atoms with Crippen LogP contribution in [0.5, 0.6) is 0 Å². The lowest BCUT2D eigenvalue weighted by Gasteiger charge is -2.32.